The molecule has 0 saturated heterocycles. The van der Waals surface area contributed by atoms with Gasteiger partial charge in [0.15, 0.2) is 0 Å². The lowest BCUT2D eigenvalue weighted by atomic mass is 10.0. The van der Waals surface area contributed by atoms with E-state index in [1.54, 1.807) is 60.7 Å². The standard InChI is InChI=1S/C27H26F3N5O4/c1-31-33-26(25(29)30)38-17-20-6-9-21(22(13-20)16-36)15-34(2)35(14-19-7-10-23(28)11-8-19)27(37)39-18-24-5-3-4-12-32-24/h3-13,16,25H,1,14-15,17-18H2,2H3/b33-26-. The van der Waals surface area contributed by atoms with Gasteiger partial charge in [-0.2, -0.15) is 13.9 Å². The van der Waals surface area contributed by atoms with Crippen LogP contribution in [0, 0.1) is 5.82 Å². The number of carbonyl (C=O) groups excluding carboxylic acids is 2. The van der Waals surface area contributed by atoms with Gasteiger partial charge in [-0.05, 0) is 47.0 Å². The maximum Gasteiger partial charge on any atom is 0.425 e. The van der Waals surface area contributed by atoms with Crippen molar-refractivity contribution in [2.24, 2.45) is 10.2 Å². The van der Waals surface area contributed by atoms with E-state index in [0.717, 1.165) is 0 Å². The fraction of sp³-hybridized carbons (Fsp3) is 0.222. The molecule has 3 rings (SSSR count). The molecule has 0 aliphatic carbocycles. The van der Waals surface area contributed by atoms with E-state index < -0.39 is 24.2 Å². The first kappa shape index (κ1) is 29.0. The number of halogens is 3. The first-order valence-electron chi connectivity index (χ1n) is 11.6. The number of rotatable bonds is 12. The molecule has 0 atom stereocenters. The van der Waals surface area contributed by atoms with Crippen molar-refractivity contribution in [3.8, 4) is 0 Å². The Balaban J connectivity index is 1.76. The number of nitrogens with zero attached hydrogens (tertiary/aromatic N) is 5. The summed E-state index contributed by atoms with van der Waals surface area (Å²) in [6.07, 6.45) is -1.46. The largest absolute Gasteiger partial charge is 0.471 e. The zero-order valence-electron chi connectivity index (χ0n) is 21.0. The molecule has 39 heavy (non-hydrogen) atoms. The third-order valence-corrected chi connectivity index (χ3v) is 5.42. The molecule has 0 bridgehead atoms. The maximum atomic E-state index is 13.4. The number of amides is 1. The van der Waals surface area contributed by atoms with Gasteiger partial charge in [-0.1, -0.05) is 30.3 Å². The van der Waals surface area contributed by atoms with Crippen LogP contribution in [0.4, 0.5) is 18.0 Å². The van der Waals surface area contributed by atoms with Crippen LogP contribution in [0.25, 0.3) is 0 Å². The van der Waals surface area contributed by atoms with Gasteiger partial charge in [0.25, 0.3) is 5.90 Å². The van der Waals surface area contributed by atoms with Crippen molar-refractivity contribution < 1.29 is 32.2 Å². The first-order valence-corrected chi connectivity index (χ1v) is 11.6. The Morgan fingerprint density at radius 3 is 2.44 bits per heavy atom. The van der Waals surface area contributed by atoms with Crippen LogP contribution in [0.5, 0.6) is 0 Å². The fourth-order valence-electron chi connectivity index (χ4n) is 3.46. The van der Waals surface area contributed by atoms with Crippen LogP contribution in [-0.4, -0.2) is 53.5 Å². The summed E-state index contributed by atoms with van der Waals surface area (Å²) in [6, 6.07) is 15.6. The zero-order valence-corrected chi connectivity index (χ0v) is 21.0. The van der Waals surface area contributed by atoms with Crippen LogP contribution in [-0.2, 0) is 35.8 Å². The molecule has 0 N–H and O–H groups in total. The van der Waals surface area contributed by atoms with E-state index in [-0.39, 0.29) is 31.9 Å². The minimum Gasteiger partial charge on any atom is -0.471 e. The van der Waals surface area contributed by atoms with Crippen molar-refractivity contribution in [1.82, 2.24) is 15.0 Å². The number of hydrogen-bond donors (Lipinski definition) is 0. The summed E-state index contributed by atoms with van der Waals surface area (Å²) in [5.41, 5.74) is 2.46. The summed E-state index contributed by atoms with van der Waals surface area (Å²) in [5.74, 6) is -1.30. The summed E-state index contributed by atoms with van der Waals surface area (Å²) in [6.45, 7) is 2.87. The Morgan fingerprint density at radius 2 is 1.79 bits per heavy atom. The molecule has 0 radical (unpaired) electrons. The van der Waals surface area contributed by atoms with E-state index in [2.05, 4.69) is 21.9 Å². The molecule has 0 aliphatic rings. The number of hydrogen-bond acceptors (Lipinski definition) is 8. The number of hydrazine groups is 1. The van der Waals surface area contributed by atoms with E-state index >= 15 is 0 Å². The van der Waals surface area contributed by atoms with Crippen LogP contribution >= 0.6 is 0 Å². The summed E-state index contributed by atoms with van der Waals surface area (Å²) >= 11 is 0. The van der Waals surface area contributed by atoms with Gasteiger partial charge in [0.05, 0.1) is 12.2 Å². The zero-order chi connectivity index (χ0) is 28.2. The van der Waals surface area contributed by atoms with E-state index in [1.807, 2.05) is 0 Å². The highest BCUT2D eigenvalue weighted by atomic mass is 19.3. The van der Waals surface area contributed by atoms with Gasteiger partial charge in [-0.15, -0.1) is 5.10 Å². The van der Waals surface area contributed by atoms with Gasteiger partial charge in [0, 0.05) is 32.1 Å². The predicted octanol–water partition coefficient (Wildman–Crippen LogP) is 5.01. The van der Waals surface area contributed by atoms with Crippen molar-refractivity contribution in [2.45, 2.75) is 32.7 Å². The Kier molecular flexibility index (Phi) is 10.7. The molecule has 204 valence electrons. The molecule has 1 amide bonds. The number of carbonyl (C=O) groups is 2. The van der Waals surface area contributed by atoms with E-state index in [0.29, 0.717) is 28.7 Å². The topological polar surface area (TPSA) is 96.7 Å². The van der Waals surface area contributed by atoms with Crippen LogP contribution in [0.15, 0.2) is 77.1 Å². The summed E-state index contributed by atoms with van der Waals surface area (Å²) in [5, 5.41) is 9.08. The lowest BCUT2D eigenvalue weighted by molar-refractivity contribution is -0.0196. The van der Waals surface area contributed by atoms with E-state index in [1.165, 1.54) is 23.2 Å². The summed E-state index contributed by atoms with van der Waals surface area (Å²) < 4.78 is 49.7. The van der Waals surface area contributed by atoms with Crippen LogP contribution in [0.3, 0.4) is 0 Å². The first-order chi connectivity index (χ1) is 18.8. The molecular formula is C27H26F3N5O4. The molecule has 3 aromatic rings. The highest BCUT2D eigenvalue weighted by molar-refractivity contribution is 5.79. The van der Waals surface area contributed by atoms with Gasteiger partial charge in [0.1, 0.15) is 25.3 Å². The minimum absolute atomic E-state index is 0.0625. The van der Waals surface area contributed by atoms with Crippen molar-refractivity contribution in [3.63, 3.8) is 0 Å². The Hall–Kier alpha value is -4.58. The molecule has 1 heterocycles. The molecule has 0 saturated carbocycles. The molecule has 0 fully saturated rings. The van der Waals surface area contributed by atoms with E-state index in [4.69, 9.17) is 9.47 Å². The van der Waals surface area contributed by atoms with E-state index in [9.17, 15) is 22.8 Å². The molecule has 0 unspecified atom stereocenters. The number of pyridine rings is 1. The summed E-state index contributed by atoms with van der Waals surface area (Å²) in [7, 11) is 1.63. The number of alkyl halides is 2. The second kappa shape index (κ2) is 14.4. The molecule has 0 aliphatic heterocycles. The van der Waals surface area contributed by atoms with Gasteiger partial charge < -0.3 is 9.47 Å². The molecule has 9 nitrogen and oxygen atoms in total. The van der Waals surface area contributed by atoms with Crippen molar-refractivity contribution in [2.75, 3.05) is 7.05 Å². The highest BCUT2D eigenvalue weighted by Crippen LogP contribution is 2.18. The molecule has 0 spiro atoms. The minimum atomic E-state index is -2.97. The number of aldehydes is 1. The molecule has 12 heteroatoms. The second-order valence-corrected chi connectivity index (χ2v) is 8.20. The second-order valence-electron chi connectivity index (χ2n) is 8.20. The Bertz CT molecular complexity index is 1290. The number of benzene rings is 2. The molecule has 2 aromatic carbocycles. The average Bonchev–Trinajstić information content (AvgIpc) is 2.94. The maximum absolute atomic E-state index is 13.4. The van der Waals surface area contributed by atoms with Crippen LogP contribution in [0.2, 0.25) is 0 Å². The third kappa shape index (κ3) is 8.75. The van der Waals surface area contributed by atoms with Gasteiger partial charge >= 0.3 is 12.5 Å². The normalized spacial score (nSPS) is 11.4. The summed E-state index contributed by atoms with van der Waals surface area (Å²) in [4.78, 5) is 29.0. The van der Waals surface area contributed by atoms with Crippen molar-refractivity contribution >= 4 is 25.0 Å². The molecule has 1 aromatic heterocycles. The lowest BCUT2D eigenvalue weighted by Gasteiger charge is -2.31. The molecular weight excluding hydrogens is 515 g/mol. The lowest BCUT2D eigenvalue weighted by Crippen LogP contribution is -2.43. The Labute approximate surface area is 223 Å². The van der Waals surface area contributed by atoms with Gasteiger partial charge in [-0.3, -0.25) is 9.78 Å². The van der Waals surface area contributed by atoms with Crippen molar-refractivity contribution in [1.29, 1.82) is 0 Å². The van der Waals surface area contributed by atoms with Gasteiger partial charge in [0.2, 0.25) is 0 Å². The van der Waals surface area contributed by atoms with Crippen molar-refractivity contribution in [3.05, 3.63) is 101 Å². The Morgan fingerprint density at radius 1 is 1.05 bits per heavy atom. The average molecular weight is 542 g/mol. The fourth-order valence-corrected chi connectivity index (χ4v) is 3.46. The monoisotopic (exact) mass is 541 g/mol. The van der Waals surface area contributed by atoms with Crippen LogP contribution in [0.1, 0.15) is 32.7 Å². The SMILES string of the molecule is C=N/N=C(\OCc1ccc(CN(C)N(Cc2ccc(F)cc2)C(=O)OCc2ccccn2)c(C=O)c1)C(F)F. The predicted molar refractivity (Wildman–Crippen MR) is 137 cm³/mol. The van der Waals surface area contributed by atoms with Crippen LogP contribution < -0.4 is 0 Å². The smallest absolute Gasteiger partial charge is 0.425 e. The highest BCUT2D eigenvalue weighted by Gasteiger charge is 2.22. The quantitative estimate of drug-likeness (QED) is 0.138. The number of ether oxygens (including phenoxy) is 2. The third-order valence-electron chi connectivity index (χ3n) is 5.42. The number of aromatic nitrogens is 1. The van der Waals surface area contributed by atoms with Gasteiger partial charge in [-0.25, -0.2) is 19.2 Å².